The third-order valence-electron chi connectivity index (χ3n) is 3.59. The van der Waals surface area contributed by atoms with Gasteiger partial charge in [-0.1, -0.05) is 18.2 Å². The molecule has 3 rings (SSSR count). The molecule has 1 atom stereocenters. The molecule has 0 aliphatic carbocycles. The maximum Gasteiger partial charge on any atom is 0.271 e. The number of hydrogen-bond acceptors (Lipinski definition) is 5. The number of non-ortho nitro benzene ring substituents is 1. The van der Waals surface area contributed by atoms with Gasteiger partial charge >= 0.3 is 0 Å². The van der Waals surface area contributed by atoms with Gasteiger partial charge < -0.3 is 10.1 Å². The average molecular weight is 330 g/mol. The molecule has 0 aromatic heterocycles. The quantitative estimate of drug-likeness (QED) is 0.687. The fourth-order valence-corrected chi connectivity index (χ4v) is 3.64. The van der Waals surface area contributed by atoms with Crippen LogP contribution in [-0.2, 0) is 11.2 Å². The fraction of sp³-hybridized carbons (Fsp3) is 0.188. The first-order valence-corrected chi connectivity index (χ1v) is 7.84. The van der Waals surface area contributed by atoms with Crippen LogP contribution in [0.15, 0.2) is 47.4 Å². The number of nitrogens with zero attached hydrogens (tertiary/aromatic N) is 1. The summed E-state index contributed by atoms with van der Waals surface area (Å²) in [6.45, 7) is 0. The van der Waals surface area contributed by atoms with Crippen molar-refractivity contribution in [2.24, 2.45) is 0 Å². The molecule has 7 heteroatoms. The minimum absolute atomic E-state index is 0.0940. The van der Waals surface area contributed by atoms with E-state index in [4.69, 9.17) is 4.74 Å². The first-order chi connectivity index (χ1) is 11.1. The highest BCUT2D eigenvalue weighted by Gasteiger charge is 2.28. The lowest BCUT2D eigenvalue weighted by Gasteiger charge is -2.12. The first-order valence-electron chi connectivity index (χ1n) is 6.96. The third kappa shape index (κ3) is 3.14. The average Bonchev–Trinajstić information content (AvgIpc) is 2.99. The number of nitro groups is 1. The minimum atomic E-state index is -0.505. The molecule has 0 radical (unpaired) electrons. The van der Waals surface area contributed by atoms with Gasteiger partial charge in [0.25, 0.3) is 5.69 Å². The van der Waals surface area contributed by atoms with E-state index in [1.54, 1.807) is 0 Å². The Morgan fingerprint density at radius 1 is 1.35 bits per heavy atom. The molecule has 1 unspecified atom stereocenters. The standard InChI is InChI=1S/C16H14N2O4S/c1-22-13-7-6-11(18(20)21)9-12(13)17-16(19)15-8-10-4-2-3-5-14(10)23-15/h2-7,9,15H,8H2,1H3,(H,17,19). The molecule has 0 saturated heterocycles. The lowest BCUT2D eigenvalue weighted by Crippen LogP contribution is -2.24. The molecule has 0 spiro atoms. The molecule has 118 valence electrons. The summed E-state index contributed by atoms with van der Waals surface area (Å²) in [4.78, 5) is 24.0. The van der Waals surface area contributed by atoms with Crippen molar-refractivity contribution < 1.29 is 14.5 Å². The number of carbonyl (C=O) groups is 1. The van der Waals surface area contributed by atoms with E-state index in [1.807, 2.05) is 24.3 Å². The zero-order chi connectivity index (χ0) is 16.4. The normalized spacial score (nSPS) is 15.8. The summed E-state index contributed by atoms with van der Waals surface area (Å²) in [5.41, 5.74) is 1.36. The number of methoxy groups -OCH3 is 1. The smallest absolute Gasteiger partial charge is 0.271 e. The number of amides is 1. The molecule has 23 heavy (non-hydrogen) atoms. The van der Waals surface area contributed by atoms with Gasteiger partial charge in [-0.3, -0.25) is 14.9 Å². The topological polar surface area (TPSA) is 81.5 Å². The SMILES string of the molecule is COc1ccc([N+](=O)[O-])cc1NC(=O)C1Cc2ccccc2S1. The lowest BCUT2D eigenvalue weighted by molar-refractivity contribution is -0.384. The Balaban J connectivity index is 1.78. The van der Waals surface area contributed by atoms with Gasteiger partial charge in [-0.15, -0.1) is 11.8 Å². The van der Waals surface area contributed by atoms with Gasteiger partial charge in [-0.25, -0.2) is 0 Å². The van der Waals surface area contributed by atoms with Gasteiger partial charge in [0.05, 0.1) is 23.0 Å². The van der Waals surface area contributed by atoms with Crippen LogP contribution in [0.25, 0.3) is 0 Å². The van der Waals surface area contributed by atoms with Crippen molar-refractivity contribution in [3.8, 4) is 5.75 Å². The van der Waals surface area contributed by atoms with Crippen LogP contribution in [0.5, 0.6) is 5.75 Å². The van der Waals surface area contributed by atoms with E-state index in [0.717, 1.165) is 10.5 Å². The number of benzene rings is 2. The van der Waals surface area contributed by atoms with E-state index in [0.29, 0.717) is 17.9 Å². The van der Waals surface area contributed by atoms with Gasteiger partial charge in [0, 0.05) is 17.0 Å². The van der Waals surface area contributed by atoms with Crippen LogP contribution in [0.1, 0.15) is 5.56 Å². The monoisotopic (exact) mass is 330 g/mol. The Labute approximate surface area is 137 Å². The second kappa shape index (κ2) is 6.29. The summed E-state index contributed by atoms with van der Waals surface area (Å²) in [6.07, 6.45) is 0.643. The first kappa shape index (κ1) is 15.4. The Bertz CT molecular complexity index is 753. The van der Waals surface area contributed by atoms with Gasteiger partial charge in [0.2, 0.25) is 5.91 Å². The van der Waals surface area contributed by atoms with Crippen LogP contribution in [0, 0.1) is 10.1 Å². The molecular weight excluding hydrogens is 316 g/mol. The van der Waals surface area contributed by atoms with Gasteiger partial charge in [-0.05, 0) is 24.1 Å². The van der Waals surface area contributed by atoms with E-state index in [9.17, 15) is 14.9 Å². The molecule has 6 nitrogen and oxygen atoms in total. The number of thioether (sulfide) groups is 1. The highest BCUT2D eigenvalue weighted by atomic mass is 32.2. The van der Waals surface area contributed by atoms with Gasteiger partial charge in [0.15, 0.2) is 0 Å². The number of hydrogen-bond donors (Lipinski definition) is 1. The number of nitrogens with one attached hydrogen (secondary N) is 1. The summed E-state index contributed by atoms with van der Waals surface area (Å²) < 4.78 is 5.16. The molecular formula is C16H14N2O4S. The van der Waals surface area contributed by atoms with Crippen molar-refractivity contribution >= 4 is 29.0 Å². The summed E-state index contributed by atoms with van der Waals surface area (Å²) in [5.74, 6) is 0.203. The van der Waals surface area contributed by atoms with Gasteiger partial charge in [0.1, 0.15) is 5.75 Å². The largest absolute Gasteiger partial charge is 0.495 e. The predicted octanol–water partition coefficient (Wildman–Crippen LogP) is 3.26. The van der Waals surface area contributed by atoms with Crippen LogP contribution < -0.4 is 10.1 Å². The van der Waals surface area contributed by atoms with E-state index < -0.39 is 4.92 Å². The van der Waals surface area contributed by atoms with Crippen molar-refractivity contribution in [3.05, 3.63) is 58.1 Å². The number of rotatable bonds is 4. The van der Waals surface area contributed by atoms with E-state index in [2.05, 4.69) is 5.32 Å². The molecule has 0 bridgehead atoms. The Morgan fingerprint density at radius 3 is 2.83 bits per heavy atom. The van der Waals surface area contributed by atoms with Crippen LogP contribution >= 0.6 is 11.8 Å². The minimum Gasteiger partial charge on any atom is -0.495 e. The number of anilines is 1. The van der Waals surface area contributed by atoms with E-state index in [-0.39, 0.29) is 16.8 Å². The summed E-state index contributed by atoms with van der Waals surface area (Å²) in [5, 5.41) is 13.4. The number of ether oxygens (including phenoxy) is 1. The zero-order valence-corrected chi connectivity index (χ0v) is 13.1. The van der Waals surface area contributed by atoms with Crippen molar-refractivity contribution in [1.29, 1.82) is 0 Å². The molecule has 2 aromatic carbocycles. The Morgan fingerprint density at radius 2 is 2.13 bits per heavy atom. The number of nitro benzene ring substituents is 1. The van der Waals surface area contributed by atoms with Crippen molar-refractivity contribution in [3.63, 3.8) is 0 Å². The third-order valence-corrected chi connectivity index (χ3v) is 4.91. The predicted molar refractivity (Wildman–Crippen MR) is 88.1 cm³/mol. The summed E-state index contributed by atoms with van der Waals surface area (Å²) in [6, 6.07) is 12.0. The summed E-state index contributed by atoms with van der Waals surface area (Å²) in [7, 11) is 1.46. The Kier molecular flexibility index (Phi) is 4.20. The van der Waals surface area contributed by atoms with Crippen molar-refractivity contribution in [2.45, 2.75) is 16.6 Å². The number of carbonyl (C=O) groups excluding carboxylic acids is 1. The Hall–Kier alpha value is -2.54. The molecule has 1 amide bonds. The lowest BCUT2D eigenvalue weighted by atomic mass is 10.1. The van der Waals surface area contributed by atoms with E-state index in [1.165, 1.54) is 37.1 Å². The van der Waals surface area contributed by atoms with Crippen LogP contribution in [0.2, 0.25) is 0 Å². The molecule has 0 fully saturated rings. The highest BCUT2D eigenvalue weighted by Crippen LogP contribution is 2.38. The number of fused-ring (bicyclic) bond motifs is 1. The zero-order valence-electron chi connectivity index (χ0n) is 12.3. The second-order valence-corrected chi connectivity index (χ2v) is 6.29. The van der Waals surface area contributed by atoms with E-state index >= 15 is 0 Å². The fourth-order valence-electron chi connectivity index (χ4n) is 2.45. The molecule has 1 heterocycles. The summed E-state index contributed by atoms with van der Waals surface area (Å²) >= 11 is 1.50. The molecule has 1 N–H and O–H groups in total. The van der Waals surface area contributed by atoms with Crippen molar-refractivity contribution in [2.75, 3.05) is 12.4 Å². The second-order valence-electron chi connectivity index (χ2n) is 5.05. The van der Waals surface area contributed by atoms with Crippen molar-refractivity contribution in [1.82, 2.24) is 0 Å². The maximum atomic E-state index is 12.5. The molecule has 2 aromatic rings. The molecule has 1 aliphatic rings. The van der Waals surface area contributed by atoms with Gasteiger partial charge in [-0.2, -0.15) is 0 Å². The molecule has 0 saturated carbocycles. The maximum absolute atomic E-state index is 12.5. The van der Waals surface area contributed by atoms with Crippen LogP contribution in [0.3, 0.4) is 0 Å². The van der Waals surface area contributed by atoms with Crippen LogP contribution in [-0.4, -0.2) is 23.2 Å². The highest BCUT2D eigenvalue weighted by molar-refractivity contribution is 8.01. The molecule has 1 aliphatic heterocycles. The van der Waals surface area contributed by atoms with Crippen LogP contribution in [0.4, 0.5) is 11.4 Å².